The first kappa shape index (κ1) is 19.6. The second kappa shape index (κ2) is 8.72. The molecule has 0 aromatic heterocycles. The number of Topliss-reactive ketones (excluding diaryl/α,β-unsaturated/α-hetero) is 1. The van der Waals surface area contributed by atoms with Gasteiger partial charge in [-0.15, -0.1) is 0 Å². The van der Waals surface area contributed by atoms with Crippen LogP contribution in [-0.4, -0.2) is 25.8 Å². The molecule has 0 radical (unpaired) electrons. The fraction of sp³-hybridized carbons (Fsp3) is 0.130. The van der Waals surface area contributed by atoms with E-state index >= 15 is 0 Å². The third kappa shape index (κ3) is 4.59. The van der Waals surface area contributed by atoms with Crippen molar-refractivity contribution in [3.05, 3.63) is 101 Å². The minimum absolute atomic E-state index is 0.305. The molecular weight excluding hydrogens is 374 g/mol. The molecule has 0 saturated carbocycles. The Kier molecular flexibility index (Phi) is 6.12. The Labute approximate surface area is 169 Å². The van der Waals surface area contributed by atoms with E-state index < -0.39 is 12.1 Å². The molecule has 0 fully saturated rings. The van der Waals surface area contributed by atoms with Crippen molar-refractivity contribution in [1.29, 1.82) is 0 Å². The minimum Gasteiger partial charge on any atom is -0.445 e. The van der Waals surface area contributed by atoms with Gasteiger partial charge in [0.05, 0.1) is 5.56 Å². The molecule has 3 aromatic rings. The van der Waals surface area contributed by atoms with Crippen LogP contribution >= 0.6 is 11.6 Å². The Balaban J connectivity index is 1.88. The topological polar surface area (TPSA) is 46.6 Å². The number of ether oxygens (including phenoxy) is 1. The SMILES string of the molecule is CN(C)c1ccc(C(=O)O[C@H](C(=O)c2ccc(Cl)cc2)c2ccccc2)cc1. The van der Waals surface area contributed by atoms with Gasteiger partial charge < -0.3 is 9.64 Å². The number of rotatable bonds is 6. The normalized spacial score (nSPS) is 11.5. The highest BCUT2D eigenvalue weighted by atomic mass is 35.5. The van der Waals surface area contributed by atoms with Crippen molar-refractivity contribution in [1.82, 2.24) is 0 Å². The lowest BCUT2D eigenvalue weighted by Crippen LogP contribution is -2.20. The lowest BCUT2D eigenvalue weighted by Gasteiger charge is -2.18. The second-order valence-corrected chi connectivity index (χ2v) is 6.94. The standard InChI is InChI=1S/C23H20ClNO3/c1-25(2)20-14-10-18(11-15-20)23(27)28-22(17-6-4-3-5-7-17)21(26)16-8-12-19(24)13-9-16/h3-15,22H,1-2H3/t22-/m0/s1. The molecule has 4 nitrogen and oxygen atoms in total. The average Bonchev–Trinajstić information content (AvgIpc) is 2.72. The molecule has 0 saturated heterocycles. The Hall–Kier alpha value is -3.11. The summed E-state index contributed by atoms with van der Waals surface area (Å²) in [4.78, 5) is 27.7. The molecule has 3 aromatic carbocycles. The number of hydrogen-bond donors (Lipinski definition) is 0. The van der Waals surface area contributed by atoms with Gasteiger partial charge >= 0.3 is 5.97 Å². The van der Waals surface area contributed by atoms with E-state index in [2.05, 4.69) is 0 Å². The summed E-state index contributed by atoms with van der Waals surface area (Å²) in [5.74, 6) is -0.859. The summed E-state index contributed by atoms with van der Waals surface area (Å²) in [5, 5.41) is 0.533. The quantitative estimate of drug-likeness (QED) is 0.427. The average molecular weight is 394 g/mol. The molecule has 5 heteroatoms. The fourth-order valence-electron chi connectivity index (χ4n) is 2.74. The second-order valence-electron chi connectivity index (χ2n) is 6.51. The van der Waals surface area contributed by atoms with Gasteiger partial charge in [-0.05, 0) is 48.5 Å². The predicted octanol–water partition coefficient (Wildman–Crippen LogP) is 5.19. The smallest absolute Gasteiger partial charge is 0.339 e. The maximum atomic E-state index is 13.0. The molecule has 0 spiro atoms. The van der Waals surface area contributed by atoms with Crippen molar-refractivity contribution in [2.45, 2.75) is 6.10 Å². The van der Waals surface area contributed by atoms with Gasteiger partial charge in [0, 0.05) is 35.9 Å². The molecule has 0 aliphatic heterocycles. The number of hydrogen-bond acceptors (Lipinski definition) is 4. The van der Waals surface area contributed by atoms with Crippen LogP contribution in [0.25, 0.3) is 0 Å². The van der Waals surface area contributed by atoms with E-state index in [-0.39, 0.29) is 5.78 Å². The lowest BCUT2D eigenvalue weighted by molar-refractivity contribution is 0.0280. The first-order valence-corrected chi connectivity index (χ1v) is 9.16. The number of carbonyl (C=O) groups excluding carboxylic acids is 2. The van der Waals surface area contributed by atoms with E-state index in [4.69, 9.17) is 16.3 Å². The van der Waals surface area contributed by atoms with Crippen molar-refractivity contribution >= 4 is 29.0 Å². The van der Waals surface area contributed by atoms with Gasteiger partial charge in [0.25, 0.3) is 0 Å². The third-order valence-electron chi connectivity index (χ3n) is 4.31. The number of carbonyl (C=O) groups is 2. The van der Waals surface area contributed by atoms with Gasteiger partial charge in [0.1, 0.15) is 0 Å². The Bertz CT molecular complexity index is 951. The van der Waals surface area contributed by atoms with E-state index in [1.54, 1.807) is 60.7 Å². The number of benzene rings is 3. The van der Waals surface area contributed by atoms with E-state index in [0.717, 1.165) is 5.69 Å². The van der Waals surface area contributed by atoms with Crippen LogP contribution in [-0.2, 0) is 4.74 Å². The molecule has 0 unspecified atom stereocenters. The van der Waals surface area contributed by atoms with Gasteiger partial charge in [-0.2, -0.15) is 0 Å². The molecular formula is C23H20ClNO3. The Morgan fingerprint density at radius 3 is 1.96 bits per heavy atom. The molecule has 3 rings (SSSR count). The molecule has 0 aliphatic rings. The monoisotopic (exact) mass is 393 g/mol. The van der Waals surface area contributed by atoms with E-state index in [0.29, 0.717) is 21.7 Å². The molecule has 0 N–H and O–H groups in total. The predicted molar refractivity (Wildman–Crippen MR) is 111 cm³/mol. The molecule has 28 heavy (non-hydrogen) atoms. The van der Waals surface area contributed by atoms with Crippen LogP contribution in [0.3, 0.4) is 0 Å². The first-order chi connectivity index (χ1) is 13.5. The van der Waals surface area contributed by atoms with Crippen LogP contribution in [0.1, 0.15) is 32.4 Å². The molecule has 0 heterocycles. The van der Waals surface area contributed by atoms with Gasteiger partial charge in [-0.1, -0.05) is 41.9 Å². The third-order valence-corrected chi connectivity index (χ3v) is 4.57. The summed E-state index contributed by atoms with van der Waals surface area (Å²) in [6, 6.07) is 22.5. The van der Waals surface area contributed by atoms with Crippen LogP contribution in [0.4, 0.5) is 5.69 Å². The van der Waals surface area contributed by atoms with Gasteiger partial charge in [-0.25, -0.2) is 4.79 Å². The maximum absolute atomic E-state index is 13.0. The van der Waals surface area contributed by atoms with Crippen LogP contribution in [0.2, 0.25) is 5.02 Å². The van der Waals surface area contributed by atoms with Crippen molar-refractivity contribution in [2.24, 2.45) is 0 Å². The number of nitrogens with zero attached hydrogens (tertiary/aromatic N) is 1. The first-order valence-electron chi connectivity index (χ1n) is 8.79. The van der Waals surface area contributed by atoms with E-state index in [1.165, 1.54) is 0 Å². The van der Waals surface area contributed by atoms with Gasteiger partial charge in [0.2, 0.25) is 5.78 Å². The summed E-state index contributed by atoms with van der Waals surface area (Å²) in [5.41, 5.74) is 2.39. The van der Waals surface area contributed by atoms with Crippen LogP contribution < -0.4 is 4.90 Å². The van der Waals surface area contributed by atoms with Crippen molar-refractivity contribution in [2.75, 3.05) is 19.0 Å². The van der Waals surface area contributed by atoms with Crippen molar-refractivity contribution < 1.29 is 14.3 Å². The summed E-state index contributed by atoms with van der Waals surface area (Å²) >= 11 is 5.91. The summed E-state index contributed by atoms with van der Waals surface area (Å²) < 4.78 is 5.63. The van der Waals surface area contributed by atoms with Gasteiger partial charge in [0.15, 0.2) is 6.10 Å². The maximum Gasteiger partial charge on any atom is 0.339 e. The highest BCUT2D eigenvalue weighted by Crippen LogP contribution is 2.25. The van der Waals surface area contributed by atoms with E-state index in [9.17, 15) is 9.59 Å². The van der Waals surface area contributed by atoms with Crippen LogP contribution in [0, 0.1) is 0 Å². The molecule has 142 valence electrons. The zero-order chi connectivity index (χ0) is 20.1. The highest BCUT2D eigenvalue weighted by Gasteiger charge is 2.26. The molecule has 1 atom stereocenters. The minimum atomic E-state index is -1.04. The fourth-order valence-corrected chi connectivity index (χ4v) is 2.86. The lowest BCUT2D eigenvalue weighted by atomic mass is 9.99. The zero-order valence-electron chi connectivity index (χ0n) is 15.6. The zero-order valence-corrected chi connectivity index (χ0v) is 16.4. The molecule has 0 aliphatic carbocycles. The van der Waals surface area contributed by atoms with E-state index in [1.807, 2.05) is 37.2 Å². The Morgan fingerprint density at radius 2 is 1.39 bits per heavy atom. The largest absolute Gasteiger partial charge is 0.445 e. The Morgan fingerprint density at radius 1 is 0.821 bits per heavy atom. The van der Waals surface area contributed by atoms with Crippen molar-refractivity contribution in [3.8, 4) is 0 Å². The number of anilines is 1. The summed E-state index contributed by atoms with van der Waals surface area (Å²) in [6.07, 6.45) is -1.04. The number of halogens is 1. The van der Waals surface area contributed by atoms with Gasteiger partial charge in [-0.3, -0.25) is 4.79 Å². The number of esters is 1. The summed E-state index contributed by atoms with van der Waals surface area (Å²) in [7, 11) is 3.84. The molecule has 0 amide bonds. The molecule has 0 bridgehead atoms. The van der Waals surface area contributed by atoms with Crippen molar-refractivity contribution in [3.63, 3.8) is 0 Å². The highest BCUT2D eigenvalue weighted by molar-refractivity contribution is 6.30. The number of ketones is 1. The van der Waals surface area contributed by atoms with Crippen LogP contribution in [0.15, 0.2) is 78.9 Å². The summed E-state index contributed by atoms with van der Waals surface area (Å²) in [6.45, 7) is 0. The van der Waals surface area contributed by atoms with Crippen LogP contribution in [0.5, 0.6) is 0 Å².